The van der Waals surface area contributed by atoms with E-state index in [0.29, 0.717) is 184 Å². The summed E-state index contributed by atoms with van der Waals surface area (Å²) >= 11 is 6.21. The number of nitrogens with one attached hydrogen (secondary N) is 8. The van der Waals surface area contributed by atoms with Crippen molar-refractivity contribution in [3.05, 3.63) is 209 Å². The number of carbonyl (C=O) groups is 12. The molecule has 0 fully saturated rings. The summed E-state index contributed by atoms with van der Waals surface area (Å²) in [5.41, 5.74) is 20.8. The van der Waals surface area contributed by atoms with E-state index in [4.69, 9.17) is 22.9 Å². The fourth-order valence-corrected chi connectivity index (χ4v) is 21.2. The van der Waals surface area contributed by atoms with Crippen LogP contribution in [0.3, 0.4) is 0 Å². The number of aromatic amines is 3. The van der Waals surface area contributed by atoms with Crippen LogP contribution in [0.4, 0.5) is 14.4 Å². The lowest BCUT2D eigenvalue weighted by molar-refractivity contribution is -0.132. The van der Waals surface area contributed by atoms with Crippen LogP contribution in [0.2, 0.25) is 0 Å². The predicted molar refractivity (Wildman–Crippen MR) is 562 cm³/mol. The topological polar surface area (TPSA) is 576 Å². The highest BCUT2D eigenvalue weighted by Gasteiger charge is 2.31. The highest BCUT2D eigenvalue weighted by Crippen LogP contribution is 2.25. The number of nitrogens with two attached hydrogens (primary N) is 4. The first-order chi connectivity index (χ1) is 67.8. The molecule has 3 aromatic heterocycles. The maximum atomic E-state index is 13.7. The van der Waals surface area contributed by atoms with Crippen molar-refractivity contribution in [2.24, 2.45) is 22.9 Å². The SMILES string of the molecule is C=CN(CCSCCN(CCSSCCN(CCSCCN(CCC)C(=O)CN1C=CC(N)NC1=O)C(=O)CN1C=CC(N)NC1=O)C(=O)CN1C=CC(N)NC1=O)C(=O)CN1C=CC(N)NC1=C.C=CN(CCSCCN(CCSSCCN(CCSCCN(CCC)C(=O)Cn1cc(C)c(=O)[nH]c1=O)C(=O)Cn1cc(C)c(=O)[nH]c1=O)C(=O)Cn1cc(C)c(=O)[nH]c1=O)C(=O)CN1C=C(C)C(=O)NC1=C. The molecule has 5 aliphatic rings. The van der Waals surface area contributed by atoms with Gasteiger partial charge in [0.2, 0.25) is 47.3 Å². The van der Waals surface area contributed by atoms with Gasteiger partial charge in [0.25, 0.3) is 22.6 Å². The Morgan fingerprint density at radius 1 is 0.338 bits per heavy atom. The maximum absolute atomic E-state index is 13.7. The van der Waals surface area contributed by atoms with Gasteiger partial charge in [-0.3, -0.25) is 101 Å². The summed E-state index contributed by atoms with van der Waals surface area (Å²) in [6, 6.07) is -1.37. The first-order valence-corrected chi connectivity index (χ1v) is 55.3. The van der Waals surface area contributed by atoms with Crippen molar-refractivity contribution in [2.45, 2.75) is 98.7 Å². The van der Waals surface area contributed by atoms with Gasteiger partial charge in [0.05, 0.1) is 30.5 Å². The molecule has 0 aromatic carbocycles. The van der Waals surface area contributed by atoms with Crippen LogP contribution in [-0.2, 0) is 62.8 Å². The number of hydrogen-bond acceptors (Lipinski definition) is 33. The molecule has 0 aliphatic carbocycles. The second kappa shape index (κ2) is 61.7. The summed E-state index contributed by atoms with van der Waals surface area (Å²) in [5.74, 6) is 4.93. The molecule has 142 heavy (non-hydrogen) atoms. The van der Waals surface area contributed by atoms with Crippen LogP contribution >= 0.6 is 90.2 Å². The van der Waals surface area contributed by atoms with Crippen LogP contribution in [-0.4, -0.2) is 382 Å². The second-order valence-electron chi connectivity index (χ2n) is 32.4. The van der Waals surface area contributed by atoms with Gasteiger partial charge in [-0.15, -0.1) is 0 Å². The molecular formula is C88H132N28O18S8. The Morgan fingerprint density at radius 3 is 0.873 bits per heavy atom. The summed E-state index contributed by atoms with van der Waals surface area (Å²) in [6.07, 6.45) is 20.5. The summed E-state index contributed by atoms with van der Waals surface area (Å²) in [5, 5.41) is 13.3. The Morgan fingerprint density at radius 2 is 0.592 bits per heavy atom. The Hall–Kier alpha value is -11.2. The number of aromatic nitrogens is 6. The van der Waals surface area contributed by atoms with Gasteiger partial charge in [-0.1, -0.05) is 83.3 Å². The molecule has 0 saturated heterocycles. The molecule has 0 radical (unpaired) electrons. The number of aryl methyl sites for hydroxylation is 3. The Balaban J connectivity index is 0.000000386. The van der Waals surface area contributed by atoms with Crippen molar-refractivity contribution in [2.75, 3.05) is 193 Å². The molecule has 0 spiro atoms. The summed E-state index contributed by atoms with van der Waals surface area (Å²) < 4.78 is 3.48. The third kappa shape index (κ3) is 40.2. The zero-order chi connectivity index (χ0) is 104. The molecular weight excluding hydrogens is 1990 g/mol. The van der Waals surface area contributed by atoms with E-state index in [-0.39, 0.29) is 129 Å². The monoisotopic (exact) mass is 2120 g/mol. The fraction of sp³-hybridized carbons (Fsp3) is 0.523. The number of nitrogens with zero attached hydrogens (tertiary/aromatic N) is 16. The third-order valence-corrected chi connectivity index (χ3v) is 30.2. The van der Waals surface area contributed by atoms with Crippen LogP contribution in [0, 0.1) is 20.8 Å². The van der Waals surface area contributed by atoms with E-state index < -0.39 is 70.3 Å². The minimum Gasteiger partial charge on any atom is -0.353 e. The number of H-pyrrole nitrogens is 3. The number of carbonyl (C=O) groups excluding carboxylic acids is 12. The van der Waals surface area contributed by atoms with E-state index in [1.165, 1.54) is 133 Å². The summed E-state index contributed by atoms with van der Waals surface area (Å²) in [4.78, 5) is 257. The number of amides is 15. The van der Waals surface area contributed by atoms with E-state index in [0.717, 1.165) is 15.6 Å². The van der Waals surface area contributed by atoms with Crippen molar-refractivity contribution < 1.29 is 57.5 Å². The lowest BCUT2D eigenvalue weighted by Crippen LogP contribution is -2.52. The Kier molecular flexibility index (Phi) is 51.2. The van der Waals surface area contributed by atoms with Crippen molar-refractivity contribution in [1.29, 1.82) is 0 Å². The van der Waals surface area contributed by atoms with Crippen molar-refractivity contribution in [3.63, 3.8) is 0 Å². The average Bonchev–Trinajstić information content (AvgIpc) is 0.764. The van der Waals surface area contributed by atoms with Gasteiger partial charge in [-0.25, -0.2) is 28.8 Å². The fourth-order valence-electron chi connectivity index (χ4n) is 13.7. The minimum atomic E-state index is -0.712. The smallest absolute Gasteiger partial charge is 0.328 e. The summed E-state index contributed by atoms with van der Waals surface area (Å²) in [7, 11) is 6.07. The van der Waals surface area contributed by atoms with Gasteiger partial charge < -0.3 is 98.5 Å². The highest BCUT2D eigenvalue weighted by atomic mass is 33.1. The molecule has 8 rings (SSSR count). The molecule has 4 unspecified atom stereocenters. The van der Waals surface area contributed by atoms with Gasteiger partial charge in [-0.05, 0) is 77.2 Å². The molecule has 0 saturated carbocycles. The van der Waals surface area contributed by atoms with Gasteiger partial charge in [0.15, 0.2) is 0 Å². The molecule has 46 nitrogen and oxygen atoms in total. The number of thioether (sulfide) groups is 4. The van der Waals surface area contributed by atoms with Crippen LogP contribution in [0.1, 0.15) is 50.3 Å². The molecule has 54 heteroatoms. The van der Waals surface area contributed by atoms with Gasteiger partial charge in [0.1, 0.15) is 58.2 Å². The van der Waals surface area contributed by atoms with Gasteiger partial charge >= 0.3 is 35.2 Å². The van der Waals surface area contributed by atoms with Crippen LogP contribution in [0.5, 0.6) is 0 Å². The number of urea groups is 3. The van der Waals surface area contributed by atoms with Gasteiger partial charge in [-0.2, -0.15) is 47.0 Å². The van der Waals surface area contributed by atoms with E-state index >= 15 is 0 Å². The largest absolute Gasteiger partial charge is 0.353 e. The van der Waals surface area contributed by atoms with Crippen molar-refractivity contribution >= 4 is 161 Å². The second-order valence-corrected chi connectivity index (χ2v) is 42.7. The van der Waals surface area contributed by atoms with E-state index in [1.807, 2.05) is 13.8 Å². The van der Waals surface area contributed by atoms with E-state index in [2.05, 4.69) is 67.9 Å². The predicted octanol–water partition coefficient (Wildman–Crippen LogP) is -0.567. The normalized spacial score (nSPS) is 15.9. The standard InChI is InChI=1S/C46H64N12O11S4.C42H68N16O7S4/c1-8-10-52(37(60)28-56-24-32(4)41(64)48-44(56)67)12-18-71-20-14-54(39(62)30-58-26-34(6)43(66)50-46(58)69)16-22-73-72-21-15-53(38(61)29-57-25-33(5)42(65)49-45(57)68)13-19-70-17-11-51(9-2)36(59)27-55-23-31(3)40(63)47-35(55)7;1-4-10-52(37(60)28-56-12-7-33(44)48-40(56)63)16-22-67-24-18-54(39(62)30-58-14-9-35(46)50-42(58)65)20-26-69-68-25-19-53(38(61)29-57-13-8-34(45)49-41(57)64)17-23-66-21-15-51(5-2)36(59)27-55-11-6-32(43)47-31(55)3/h9,23-26H,2,7-8,10-22,27-30H2,1,3-6H3,(H,47,63)(H,48,64,67)(H,49,65,68)(H,50,66,69);5-9,11-14,32-35,47H,2-4,10,15-30,43-46H2,1H3,(H,48,63)(H,49,64)(H,50,65). The van der Waals surface area contributed by atoms with Gasteiger partial charge in [0, 0.05) is 233 Å². The zero-order valence-corrected chi connectivity index (χ0v) is 87.3. The molecule has 0 bridgehead atoms. The average molecular weight is 2130 g/mol. The van der Waals surface area contributed by atoms with Crippen molar-refractivity contribution in [1.82, 2.24) is 119 Å². The quantitative estimate of drug-likeness (QED) is 0.0249. The van der Waals surface area contributed by atoms with Crippen molar-refractivity contribution in [3.8, 4) is 0 Å². The molecule has 15 amide bonds. The Labute approximate surface area is 856 Å². The highest BCUT2D eigenvalue weighted by molar-refractivity contribution is 8.77. The molecule has 5 aliphatic heterocycles. The zero-order valence-electron chi connectivity index (χ0n) is 80.8. The lowest BCUT2D eigenvalue weighted by atomic mass is 10.2. The number of rotatable bonds is 60. The van der Waals surface area contributed by atoms with Crippen LogP contribution in [0.15, 0.2) is 159 Å². The van der Waals surface area contributed by atoms with Crippen LogP contribution < -0.4 is 83.3 Å². The van der Waals surface area contributed by atoms with E-state index in [9.17, 15) is 86.3 Å². The molecule has 3 aromatic rings. The third-order valence-electron chi connectivity index (χ3n) is 21.7. The molecule has 4 atom stereocenters. The summed E-state index contributed by atoms with van der Waals surface area (Å²) in [6.45, 7) is 29.6. The Bertz CT molecular complexity index is 5450. The molecule has 8 heterocycles. The lowest BCUT2D eigenvalue weighted by Gasteiger charge is -2.31. The maximum Gasteiger partial charge on any atom is 0.328 e. The van der Waals surface area contributed by atoms with E-state index in [1.54, 1.807) is 140 Å². The first-order valence-electron chi connectivity index (χ1n) is 45.7. The minimum absolute atomic E-state index is 0.0579. The number of hydrogen-bond donors (Lipinski definition) is 12. The molecule has 16 N–H and O–H groups in total. The first kappa shape index (κ1) is 118. The van der Waals surface area contributed by atoms with Crippen LogP contribution in [0.25, 0.3) is 0 Å². The molecule has 780 valence electrons.